The quantitative estimate of drug-likeness (QED) is 0.898. The molecule has 1 aliphatic rings. The second-order valence-electron chi connectivity index (χ2n) is 6.43. The van der Waals surface area contributed by atoms with Crippen LogP contribution < -0.4 is 5.32 Å². The molecule has 0 spiro atoms. The lowest BCUT2D eigenvalue weighted by Crippen LogP contribution is -2.58. The number of benzene rings is 1. The summed E-state index contributed by atoms with van der Waals surface area (Å²) in [6.45, 7) is 15.8. The van der Waals surface area contributed by atoms with E-state index < -0.39 is 0 Å². The van der Waals surface area contributed by atoms with Gasteiger partial charge in [-0.2, -0.15) is 0 Å². The van der Waals surface area contributed by atoms with E-state index in [1.165, 1.54) is 28.7 Å². The van der Waals surface area contributed by atoms with Crippen molar-refractivity contribution in [2.75, 3.05) is 19.6 Å². The molecule has 1 N–H and O–H groups in total. The van der Waals surface area contributed by atoms with Crippen LogP contribution >= 0.6 is 0 Å². The molecule has 0 aliphatic carbocycles. The molecule has 1 saturated heterocycles. The molecule has 106 valence electrons. The summed E-state index contributed by atoms with van der Waals surface area (Å²) in [4.78, 5) is 2.60. The van der Waals surface area contributed by atoms with Crippen molar-refractivity contribution in [3.05, 3.63) is 34.4 Å². The lowest BCUT2D eigenvalue weighted by molar-refractivity contribution is 0.133. The maximum atomic E-state index is 3.66. The smallest absolute Gasteiger partial charge is 0.0278 e. The Morgan fingerprint density at radius 3 is 2.42 bits per heavy atom. The predicted molar refractivity (Wildman–Crippen MR) is 82.6 cm³/mol. The highest BCUT2D eigenvalue weighted by molar-refractivity contribution is 5.37. The largest absolute Gasteiger partial charge is 0.309 e. The van der Waals surface area contributed by atoms with E-state index in [4.69, 9.17) is 0 Å². The van der Waals surface area contributed by atoms with Crippen LogP contribution in [0.3, 0.4) is 0 Å². The molecule has 1 heterocycles. The van der Waals surface area contributed by atoms with Crippen molar-refractivity contribution in [2.45, 2.75) is 53.1 Å². The third kappa shape index (κ3) is 3.37. The minimum absolute atomic E-state index is 0.282. The standard InChI is InChI=1S/C17H28N2/c1-6-17(5)12-19(8-7-18-17)11-16-14(3)9-13(2)10-15(16)4/h9-10,18H,6-8,11-12H2,1-5H3. The molecule has 1 aromatic carbocycles. The van der Waals surface area contributed by atoms with Crippen molar-refractivity contribution in [3.8, 4) is 0 Å². The molecule has 1 aromatic rings. The van der Waals surface area contributed by atoms with E-state index in [1.807, 2.05) is 0 Å². The summed E-state index contributed by atoms with van der Waals surface area (Å²) in [5.41, 5.74) is 6.05. The van der Waals surface area contributed by atoms with Crippen LogP contribution in [0.5, 0.6) is 0 Å². The Kier molecular flexibility index (Phi) is 4.32. The molecule has 2 heteroatoms. The van der Waals surface area contributed by atoms with Crippen molar-refractivity contribution < 1.29 is 0 Å². The van der Waals surface area contributed by atoms with E-state index in [0.29, 0.717) is 0 Å². The van der Waals surface area contributed by atoms with Gasteiger partial charge in [0.2, 0.25) is 0 Å². The van der Waals surface area contributed by atoms with Gasteiger partial charge in [0.05, 0.1) is 0 Å². The van der Waals surface area contributed by atoms with Crippen LogP contribution in [-0.2, 0) is 6.54 Å². The monoisotopic (exact) mass is 260 g/mol. The van der Waals surface area contributed by atoms with Crippen LogP contribution in [0.1, 0.15) is 42.5 Å². The Hall–Kier alpha value is -0.860. The lowest BCUT2D eigenvalue weighted by Gasteiger charge is -2.41. The van der Waals surface area contributed by atoms with E-state index in [0.717, 1.165) is 26.2 Å². The molecule has 0 saturated carbocycles. The summed E-state index contributed by atoms with van der Waals surface area (Å²) in [6.07, 6.45) is 1.19. The van der Waals surface area contributed by atoms with E-state index >= 15 is 0 Å². The molecule has 0 bridgehead atoms. The first-order valence-corrected chi connectivity index (χ1v) is 7.47. The number of aryl methyl sites for hydroxylation is 3. The van der Waals surface area contributed by atoms with Crippen LogP contribution in [0.25, 0.3) is 0 Å². The normalized spacial score (nSPS) is 24.7. The Balaban J connectivity index is 2.13. The van der Waals surface area contributed by atoms with Gasteiger partial charge >= 0.3 is 0 Å². The fourth-order valence-electron chi connectivity index (χ4n) is 3.20. The number of hydrogen-bond donors (Lipinski definition) is 1. The molecule has 0 amide bonds. The molecule has 2 rings (SSSR count). The van der Waals surface area contributed by atoms with Gasteiger partial charge in [-0.3, -0.25) is 4.90 Å². The van der Waals surface area contributed by atoms with Crippen molar-refractivity contribution in [1.29, 1.82) is 0 Å². The molecule has 1 unspecified atom stereocenters. The Bertz CT molecular complexity index is 430. The molecular formula is C17H28N2. The van der Waals surface area contributed by atoms with Gasteiger partial charge in [0.25, 0.3) is 0 Å². The molecule has 19 heavy (non-hydrogen) atoms. The topological polar surface area (TPSA) is 15.3 Å². The van der Waals surface area contributed by atoms with E-state index in [9.17, 15) is 0 Å². The highest BCUT2D eigenvalue weighted by atomic mass is 15.2. The molecule has 0 aromatic heterocycles. The summed E-state index contributed by atoms with van der Waals surface area (Å²) in [5.74, 6) is 0. The van der Waals surface area contributed by atoms with Crippen LogP contribution in [0.15, 0.2) is 12.1 Å². The fourth-order valence-corrected chi connectivity index (χ4v) is 3.20. The van der Waals surface area contributed by atoms with E-state index in [-0.39, 0.29) is 5.54 Å². The predicted octanol–water partition coefficient (Wildman–Crippen LogP) is 3.19. The molecule has 2 nitrogen and oxygen atoms in total. The SMILES string of the molecule is CCC1(C)CN(Cc2c(C)cc(C)cc2C)CCN1. The minimum Gasteiger partial charge on any atom is -0.309 e. The fraction of sp³-hybridized carbons (Fsp3) is 0.647. The Morgan fingerprint density at radius 2 is 1.84 bits per heavy atom. The summed E-state index contributed by atoms with van der Waals surface area (Å²) >= 11 is 0. The third-order valence-corrected chi connectivity index (χ3v) is 4.55. The Morgan fingerprint density at radius 1 is 1.21 bits per heavy atom. The zero-order valence-corrected chi connectivity index (χ0v) is 13.1. The van der Waals surface area contributed by atoms with Crippen LogP contribution in [0.2, 0.25) is 0 Å². The lowest BCUT2D eigenvalue weighted by atomic mass is 9.94. The third-order valence-electron chi connectivity index (χ3n) is 4.55. The zero-order valence-electron chi connectivity index (χ0n) is 13.1. The summed E-state index contributed by atoms with van der Waals surface area (Å²) < 4.78 is 0. The van der Waals surface area contributed by atoms with Crippen LogP contribution in [0.4, 0.5) is 0 Å². The summed E-state index contributed by atoms with van der Waals surface area (Å²) in [5, 5.41) is 3.66. The number of piperazine rings is 1. The average molecular weight is 260 g/mol. The maximum Gasteiger partial charge on any atom is 0.0278 e. The van der Waals surface area contributed by atoms with Gasteiger partial charge in [0.15, 0.2) is 0 Å². The molecule has 0 radical (unpaired) electrons. The molecular weight excluding hydrogens is 232 g/mol. The van der Waals surface area contributed by atoms with E-state index in [2.05, 4.69) is 57.0 Å². The van der Waals surface area contributed by atoms with E-state index in [1.54, 1.807) is 0 Å². The number of nitrogens with zero attached hydrogens (tertiary/aromatic N) is 1. The molecule has 1 aliphatic heterocycles. The minimum atomic E-state index is 0.282. The first-order chi connectivity index (χ1) is 8.93. The highest BCUT2D eigenvalue weighted by Gasteiger charge is 2.28. The first-order valence-electron chi connectivity index (χ1n) is 7.47. The van der Waals surface area contributed by atoms with Crippen LogP contribution in [0, 0.1) is 20.8 Å². The van der Waals surface area contributed by atoms with Crippen molar-refractivity contribution in [2.24, 2.45) is 0 Å². The van der Waals surface area contributed by atoms with Gasteiger partial charge in [-0.15, -0.1) is 0 Å². The summed E-state index contributed by atoms with van der Waals surface area (Å²) in [7, 11) is 0. The number of hydrogen-bond acceptors (Lipinski definition) is 2. The number of rotatable bonds is 3. The maximum absolute atomic E-state index is 3.66. The van der Waals surface area contributed by atoms with Gasteiger partial charge in [0.1, 0.15) is 0 Å². The second-order valence-corrected chi connectivity index (χ2v) is 6.43. The van der Waals surface area contributed by atoms with Gasteiger partial charge in [-0.25, -0.2) is 0 Å². The van der Waals surface area contributed by atoms with Crippen molar-refractivity contribution in [3.63, 3.8) is 0 Å². The van der Waals surface area contributed by atoms with Gasteiger partial charge < -0.3 is 5.32 Å². The first kappa shape index (κ1) is 14.5. The summed E-state index contributed by atoms with van der Waals surface area (Å²) in [6, 6.07) is 4.62. The second kappa shape index (κ2) is 5.64. The van der Waals surface area contributed by atoms with Gasteiger partial charge in [-0.05, 0) is 50.8 Å². The zero-order chi connectivity index (χ0) is 14.0. The highest BCUT2D eigenvalue weighted by Crippen LogP contribution is 2.21. The average Bonchev–Trinajstić information content (AvgIpc) is 2.34. The van der Waals surface area contributed by atoms with Crippen molar-refractivity contribution >= 4 is 0 Å². The van der Waals surface area contributed by atoms with Crippen molar-refractivity contribution in [1.82, 2.24) is 10.2 Å². The van der Waals surface area contributed by atoms with Gasteiger partial charge in [0, 0.05) is 31.7 Å². The Labute approximate surface area is 118 Å². The molecule has 1 atom stereocenters. The van der Waals surface area contributed by atoms with Gasteiger partial charge in [-0.1, -0.05) is 24.6 Å². The van der Waals surface area contributed by atoms with Crippen LogP contribution in [-0.4, -0.2) is 30.1 Å². The molecule has 1 fully saturated rings. The number of nitrogens with one attached hydrogen (secondary N) is 1.